The fraction of sp³-hybridized carbons (Fsp3) is 0.350. The number of alkyl halides is 3. The van der Waals surface area contributed by atoms with Crippen molar-refractivity contribution < 1.29 is 41.0 Å². The van der Waals surface area contributed by atoms with Gasteiger partial charge in [-0.05, 0) is 30.7 Å². The average Bonchev–Trinajstić information content (AvgIpc) is 3.25. The number of amides is 2. The average molecular weight is 457 g/mol. The largest absolute Gasteiger partial charge is 0.493 e. The SMILES string of the molecule is COc1c(C23CC(C(F)(F)F)CC2(C(=O)Nc2ccnc(C(N)=O)c2)O3)ccc(F)c1F. The predicted octanol–water partition coefficient (Wildman–Crippen LogP) is 3.04. The van der Waals surface area contributed by atoms with Crippen LogP contribution in [-0.4, -0.2) is 35.7 Å². The molecule has 2 heterocycles. The van der Waals surface area contributed by atoms with Gasteiger partial charge in [-0.1, -0.05) is 0 Å². The lowest BCUT2D eigenvalue weighted by Crippen LogP contribution is -2.35. The van der Waals surface area contributed by atoms with Crippen LogP contribution in [0.2, 0.25) is 0 Å². The summed E-state index contributed by atoms with van der Waals surface area (Å²) >= 11 is 0. The van der Waals surface area contributed by atoms with Crippen LogP contribution < -0.4 is 15.8 Å². The zero-order chi connectivity index (χ0) is 23.5. The van der Waals surface area contributed by atoms with Crippen molar-refractivity contribution >= 4 is 17.5 Å². The number of anilines is 1. The van der Waals surface area contributed by atoms with Crippen molar-refractivity contribution in [3.05, 3.63) is 53.4 Å². The van der Waals surface area contributed by atoms with Gasteiger partial charge in [0.15, 0.2) is 17.2 Å². The van der Waals surface area contributed by atoms with Crippen molar-refractivity contribution in [1.29, 1.82) is 0 Å². The first-order valence-corrected chi connectivity index (χ1v) is 9.32. The molecule has 0 spiro atoms. The van der Waals surface area contributed by atoms with E-state index in [4.69, 9.17) is 15.2 Å². The van der Waals surface area contributed by atoms with Gasteiger partial charge in [0.25, 0.3) is 11.8 Å². The monoisotopic (exact) mass is 457 g/mol. The Kier molecular flexibility index (Phi) is 4.88. The molecule has 3 atom stereocenters. The zero-order valence-corrected chi connectivity index (χ0v) is 16.4. The van der Waals surface area contributed by atoms with Crippen LogP contribution in [0, 0.1) is 17.6 Å². The molecule has 1 aromatic carbocycles. The number of aromatic nitrogens is 1. The highest BCUT2D eigenvalue weighted by atomic mass is 19.4. The number of nitrogens with two attached hydrogens (primary N) is 1. The normalized spacial score (nSPS) is 26.4. The Morgan fingerprint density at radius 1 is 1.25 bits per heavy atom. The van der Waals surface area contributed by atoms with E-state index in [1.54, 1.807) is 0 Å². The first kappa shape index (κ1) is 21.9. The highest BCUT2D eigenvalue weighted by molar-refractivity contribution is 6.02. The van der Waals surface area contributed by atoms with E-state index in [-0.39, 0.29) is 16.9 Å². The minimum atomic E-state index is -4.65. The highest BCUT2D eigenvalue weighted by Crippen LogP contribution is 2.71. The second-order valence-corrected chi connectivity index (χ2v) is 7.59. The predicted molar refractivity (Wildman–Crippen MR) is 98.6 cm³/mol. The zero-order valence-electron chi connectivity index (χ0n) is 16.4. The van der Waals surface area contributed by atoms with Gasteiger partial charge in [-0.3, -0.25) is 14.6 Å². The molecule has 2 aliphatic rings. The fourth-order valence-electron chi connectivity index (χ4n) is 4.31. The molecule has 3 unspecified atom stereocenters. The molecule has 3 N–H and O–H groups in total. The van der Waals surface area contributed by atoms with E-state index in [1.165, 1.54) is 12.3 Å². The summed E-state index contributed by atoms with van der Waals surface area (Å²) in [5.74, 6) is -7.06. The third-order valence-corrected chi connectivity index (χ3v) is 5.82. The fourth-order valence-corrected chi connectivity index (χ4v) is 4.31. The molecule has 12 heteroatoms. The molecule has 4 rings (SSSR count). The number of primary amides is 1. The summed E-state index contributed by atoms with van der Waals surface area (Å²) in [6.07, 6.45) is -4.90. The molecule has 2 amide bonds. The number of fused-ring (bicyclic) bond motifs is 1. The Morgan fingerprint density at radius 3 is 2.59 bits per heavy atom. The van der Waals surface area contributed by atoms with Crippen molar-refractivity contribution in [2.45, 2.75) is 30.2 Å². The van der Waals surface area contributed by atoms with E-state index in [1.807, 2.05) is 0 Å². The molecule has 0 bridgehead atoms. The van der Waals surface area contributed by atoms with Crippen molar-refractivity contribution in [3.63, 3.8) is 0 Å². The van der Waals surface area contributed by atoms with Crippen LogP contribution >= 0.6 is 0 Å². The second-order valence-electron chi connectivity index (χ2n) is 7.59. The molecule has 32 heavy (non-hydrogen) atoms. The lowest BCUT2D eigenvalue weighted by molar-refractivity contribution is -0.182. The first-order chi connectivity index (χ1) is 14.9. The molecule has 1 saturated carbocycles. The Labute approximate surface area is 177 Å². The van der Waals surface area contributed by atoms with Crippen LogP contribution in [0.1, 0.15) is 28.9 Å². The minimum absolute atomic E-state index is 0.0466. The number of rotatable bonds is 5. The number of nitrogens with zero attached hydrogens (tertiary/aromatic N) is 1. The summed E-state index contributed by atoms with van der Waals surface area (Å²) in [5, 5.41) is 2.40. The highest BCUT2D eigenvalue weighted by Gasteiger charge is 2.82. The third kappa shape index (κ3) is 3.17. The summed E-state index contributed by atoms with van der Waals surface area (Å²) in [6.45, 7) is 0. The molecule has 2 aromatic rings. The number of halogens is 5. The van der Waals surface area contributed by atoms with Gasteiger partial charge >= 0.3 is 6.18 Å². The van der Waals surface area contributed by atoms with Crippen LogP contribution in [-0.2, 0) is 15.1 Å². The number of carbonyl (C=O) groups is 2. The van der Waals surface area contributed by atoms with E-state index in [0.717, 1.165) is 25.3 Å². The maximum atomic E-state index is 14.3. The molecule has 1 aliphatic heterocycles. The molecule has 1 aliphatic carbocycles. The summed E-state index contributed by atoms with van der Waals surface area (Å²) in [7, 11) is 1.03. The van der Waals surface area contributed by atoms with E-state index in [2.05, 4.69) is 10.3 Å². The molecule has 170 valence electrons. The summed E-state index contributed by atoms with van der Waals surface area (Å²) in [6, 6.07) is 4.23. The molecular weight excluding hydrogens is 441 g/mol. The molecule has 7 nitrogen and oxygen atoms in total. The number of nitrogens with one attached hydrogen (secondary N) is 1. The van der Waals surface area contributed by atoms with Gasteiger partial charge in [0.05, 0.1) is 13.0 Å². The number of carbonyl (C=O) groups excluding carboxylic acids is 2. The van der Waals surface area contributed by atoms with Crippen LogP contribution in [0.15, 0.2) is 30.5 Å². The maximum absolute atomic E-state index is 14.3. The number of methoxy groups -OCH3 is 1. The number of hydrogen-bond acceptors (Lipinski definition) is 5. The van der Waals surface area contributed by atoms with E-state index in [0.29, 0.717) is 0 Å². The molecular formula is C20H16F5N3O4. The number of hydrogen-bond donors (Lipinski definition) is 2. The van der Waals surface area contributed by atoms with Gasteiger partial charge in [0.1, 0.15) is 11.3 Å². The molecule has 0 radical (unpaired) electrons. The van der Waals surface area contributed by atoms with E-state index >= 15 is 0 Å². The van der Waals surface area contributed by atoms with E-state index < -0.39 is 65.3 Å². The quantitative estimate of drug-likeness (QED) is 0.530. The number of epoxide rings is 1. The van der Waals surface area contributed by atoms with Gasteiger partial charge in [0.2, 0.25) is 5.82 Å². The van der Waals surface area contributed by atoms with Gasteiger partial charge in [-0.2, -0.15) is 17.6 Å². The van der Waals surface area contributed by atoms with Crippen LogP contribution in [0.5, 0.6) is 5.75 Å². The van der Waals surface area contributed by atoms with Crippen molar-refractivity contribution in [1.82, 2.24) is 4.98 Å². The Hall–Kier alpha value is -3.28. The number of benzene rings is 1. The smallest absolute Gasteiger partial charge is 0.392 e. The van der Waals surface area contributed by atoms with Crippen LogP contribution in [0.3, 0.4) is 0 Å². The summed E-state index contributed by atoms with van der Waals surface area (Å²) < 4.78 is 79.2. The molecule has 2 fully saturated rings. The van der Waals surface area contributed by atoms with Crippen molar-refractivity contribution in [3.8, 4) is 5.75 Å². The number of ether oxygens (including phenoxy) is 2. The van der Waals surface area contributed by atoms with Gasteiger partial charge in [-0.15, -0.1) is 0 Å². The maximum Gasteiger partial charge on any atom is 0.392 e. The van der Waals surface area contributed by atoms with E-state index in [9.17, 15) is 31.5 Å². The lowest BCUT2D eigenvalue weighted by Gasteiger charge is -2.19. The summed E-state index contributed by atoms with van der Waals surface area (Å²) in [5.41, 5.74) is 0.926. The van der Waals surface area contributed by atoms with Crippen molar-refractivity contribution in [2.24, 2.45) is 11.7 Å². The van der Waals surface area contributed by atoms with Gasteiger partial charge < -0.3 is 20.5 Å². The number of pyridine rings is 1. The summed E-state index contributed by atoms with van der Waals surface area (Å²) in [4.78, 5) is 28.1. The molecule has 1 saturated heterocycles. The Balaban J connectivity index is 1.75. The topological polar surface area (TPSA) is 107 Å². The second kappa shape index (κ2) is 7.12. The standard InChI is InChI=1S/C20H16F5N3O4/c1-31-15-11(2-3-12(21)14(15)22)18-7-9(20(23,24)25)8-19(18,32-18)17(30)28-10-4-5-27-13(6-10)16(26)29/h2-6,9H,7-8H2,1H3,(H2,26,29)(H,27,28,30). The van der Waals surface area contributed by atoms with Gasteiger partial charge in [-0.25, -0.2) is 4.39 Å². The minimum Gasteiger partial charge on any atom is -0.493 e. The van der Waals surface area contributed by atoms with Gasteiger partial charge in [0, 0.05) is 23.9 Å². The van der Waals surface area contributed by atoms with Crippen LogP contribution in [0.4, 0.5) is 27.6 Å². The van der Waals surface area contributed by atoms with Crippen LogP contribution in [0.25, 0.3) is 0 Å². The molecule has 1 aromatic heterocycles. The Bertz CT molecular complexity index is 1120. The van der Waals surface area contributed by atoms with Crippen molar-refractivity contribution in [2.75, 3.05) is 12.4 Å². The Morgan fingerprint density at radius 2 is 1.97 bits per heavy atom. The lowest BCUT2D eigenvalue weighted by atomic mass is 9.87. The first-order valence-electron chi connectivity index (χ1n) is 9.32. The third-order valence-electron chi connectivity index (χ3n) is 5.82.